The standard InChI is InChI=1S/C18H16FN3O2S/c1-11-3-5-13(6-4-11)17-21-22-18(24-17)25-10-16(23)20-15-8-7-14(19)9-12(15)2/h3-9H,10H2,1-2H3,(H,20,23). The molecule has 0 spiro atoms. The molecule has 0 saturated heterocycles. The van der Waals surface area contributed by atoms with Gasteiger partial charge in [-0.2, -0.15) is 0 Å². The van der Waals surface area contributed by atoms with Gasteiger partial charge in [0.15, 0.2) is 0 Å². The first-order valence-electron chi connectivity index (χ1n) is 7.60. The molecular weight excluding hydrogens is 341 g/mol. The van der Waals surface area contributed by atoms with Gasteiger partial charge in [0.05, 0.1) is 5.75 Å². The lowest BCUT2D eigenvalue weighted by atomic mass is 10.1. The van der Waals surface area contributed by atoms with Crippen LogP contribution in [-0.2, 0) is 4.79 Å². The summed E-state index contributed by atoms with van der Waals surface area (Å²) in [5.41, 5.74) is 3.22. The first kappa shape index (κ1) is 17.2. The smallest absolute Gasteiger partial charge is 0.277 e. The normalized spacial score (nSPS) is 10.7. The molecule has 0 radical (unpaired) electrons. The summed E-state index contributed by atoms with van der Waals surface area (Å²) in [6.07, 6.45) is 0. The van der Waals surface area contributed by atoms with Crippen LogP contribution in [-0.4, -0.2) is 21.9 Å². The third-order valence-corrected chi connectivity index (χ3v) is 4.31. The van der Waals surface area contributed by atoms with Crippen molar-refractivity contribution in [1.29, 1.82) is 0 Å². The number of hydrogen-bond acceptors (Lipinski definition) is 5. The number of hydrogen-bond donors (Lipinski definition) is 1. The van der Waals surface area contributed by atoms with E-state index in [0.717, 1.165) is 22.9 Å². The second kappa shape index (κ2) is 7.48. The number of carbonyl (C=O) groups excluding carboxylic acids is 1. The maximum atomic E-state index is 13.1. The molecule has 1 heterocycles. The van der Waals surface area contributed by atoms with E-state index in [0.29, 0.717) is 22.4 Å². The van der Waals surface area contributed by atoms with Gasteiger partial charge >= 0.3 is 0 Å². The van der Waals surface area contributed by atoms with Crippen molar-refractivity contribution < 1.29 is 13.6 Å². The van der Waals surface area contributed by atoms with Gasteiger partial charge in [-0.1, -0.05) is 29.5 Å². The average Bonchev–Trinajstić information content (AvgIpc) is 3.05. The third-order valence-electron chi connectivity index (χ3n) is 3.49. The molecule has 0 saturated carbocycles. The van der Waals surface area contributed by atoms with Gasteiger partial charge in [0.1, 0.15) is 5.82 Å². The van der Waals surface area contributed by atoms with Crippen LogP contribution in [0.25, 0.3) is 11.5 Å². The molecule has 0 aliphatic carbocycles. The average molecular weight is 357 g/mol. The van der Waals surface area contributed by atoms with Crippen LogP contribution in [0.4, 0.5) is 10.1 Å². The van der Waals surface area contributed by atoms with Crippen molar-refractivity contribution in [3.63, 3.8) is 0 Å². The lowest BCUT2D eigenvalue weighted by molar-refractivity contribution is -0.113. The monoisotopic (exact) mass is 357 g/mol. The Bertz CT molecular complexity index is 894. The number of halogens is 1. The second-order valence-corrected chi connectivity index (χ2v) is 6.46. The second-order valence-electron chi connectivity index (χ2n) is 5.54. The van der Waals surface area contributed by atoms with Crippen molar-refractivity contribution in [3.8, 4) is 11.5 Å². The Hall–Kier alpha value is -2.67. The number of nitrogens with one attached hydrogen (secondary N) is 1. The quantitative estimate of drug-likeness (QED) is 0.692. The lowest BCUT2D eigenvalue weighted by Gasteiger charge is -2.07. The van der Waals surface area contributed by atoms with Gasteiger partial charge in [-0.3, -0.25) is 4.79 Å². The van der Waals surface area contributed by atoms with Crippen LogP contribution in [0.5, 0.6) is 0 Å². The fraction of sp³-hybridized carbons (Fsp3) is 0.167. The van der Waals surface area contributed by atoms with E-state index in [1.54, 1.807) is 6.92 Å². The maximum Gasteiger partial charge on any atom is 0.277 e. The number of carbonyl (C=O) groups is 1. The van der Waals surface area contributed by atoms with Crippen molar-refractivity contribution in [2.45, 2.75) is 19.1 Å². The van der Waals surface area contributed by atoms with E-state index >= 15 is 0 Å². The highest BCUT2D eigenvalue weighted by Crippen LogP contribution is 2.24. The van der Waals surface area contributed by atoms with Crippen LogP contribution in [0, 0.1) is 19.7 Å². The molecule has 5 nitrogen and oxygen atoms in total. The highest BCUT2D eigenvalue weighted by molar-refractivity contribution is 7.99. The summed E-state index contributed by atoms with van der Waals surface area (Å²) in [6.45, 7) is 3.73. The number of aromatic nitrogens is 2. The zero-order valence-corrected chi connectivity index (χ0v) is 14.6. The zero-order chi connectivity index (χ0) is 17.8. The molecule has 7 heteroatoms. The van der Waals surface area contributed by atoms with E-state index in [2.05, 4.69) is 15.5 Å². The van der Waals surface area contributed by atoms with E-state index in [9.17, 15) is 9.18 Å². The number of aryl methyl sites for hydroxylation is 2. The van der Waals surface area contributed by atoms with Crippen LogP contribution >= 0.6 is 11.8 Å². The minimum absolute atomic E-state index is 0.117. The van der Waals surface area contributed by atoms with Gasteiger partial charge in [0.2, 0.25) is 11.8 Å². The van der Waals surface area contributed by atoms with Gasteiger partial charge in [-0.15, -0.1) is 10.2 Å². The van der Waals surface area contributed by atoms with Crippen molar-refractivity contribution in [2.75, 3.05) is 11.1 Å². The SMILES string of the molecule is Cc1ccc(-c2nnc(SCC(=O)Nc3ccc(F)cc3C)o2)cc1. The molecule has 0 bridgehead atoms. The number of rotatable bonds is 5. The predicted octanol–water partition coefficient (Wildman–Crippen LogP) is 4.22. The largest absolute Gasteiger partial charge is 0.411 e. The Balaban J connectivity index is 1.58. The minimum Gasteiger partial charge on any atom is -0.411 e. The maximum absolute atomic E-state index is 13.1. The molecule has 0 aliphatic rings. The van der Waals surface area contributed by atoms with Crippen LogP contribution < -0.4 is 5.32 Å². The molecule has 25 heavy (non-hydrogen) atoms. The van der Waals surface area contributed by atoms with Crippen LogP contribution in [0.3, 0.4) is 0 Å². The molecule has 128 valence electrons. The van der Waals surface area contributed by atoms with Crippen LogP contribution in [0.15, 0.2) is 52.1 Å². The first-order valence-corrected chi connectivity index (χ1v) is 8.59. The van der Waals surface area contributed by atoms with Crippen molar-refractivity contribution >= 4 is 23.4 Å². The fourth-order valence-electron chi connectivity index (χ4n) is 2.16. The summed E-state index contributed by atoms with van der Waals surface area (Å²) in [5.74, 6) is -0.0294. The molecule has 3 rings (SSSR count). The minimum atomic E-state index is -0.334. The summed E-state index contributed by atoms with van der Waals surface area (Å²) in [7, 11) is 0. The predicted molar refractivity (Wildman–Crippen MR) is 95.0 cm³/mol. The number of nitrogens with zero attached hydrogens (tertiary/aromatic N) is 2. The Kier molecular flexibility index (Phi) is 5.14. The highest BCUT2D eigenvalue weighted by atomic mass is 32.2. The number of anilines is 1. The van der Waals surface area contributed by atoms with Gasteiger partial charge in [0, 0.05) is 11.3 Å². The lowest BCUT2D eigenvalue weighted by Crippen LogP contribution is -2.14. The number of thioether (sulfide) groups is 1. The van der Waals surface area contributed by atoms with Gasteiger partial charge in [-0.25, -0.2) is 4.39 Å². The third kappa shape index (κ3) is 4.45. The van der Waals surface area contributed by atoms with Crippen LogP contribution in [0.1, 0.15) is 11.1 Å². The van der Waals surface area contributed by atoms with E-state index in [-0.39, 0.29) is 17.5 Å². The topological polar surface area (TPSA) is 68.0 Å². The molecule has 1 N–H and O–H groups in total. The molecule has 1 aromatic heterocycles. The molecule has 0 unspecified atom stereocenters. The van der Waals surface area contributed by atoms with Gasteiger partial charge in [0.25, 0.3) is 5.22 Å². The van der Waals surface area contributed by atoms with E-state index in [4.69, 9.17) is 4.42 Å². The van der Waals surface area contributed by atoms with Gasteiger partial charge < -0.3 is 9.73 Å². The summed E-state index contributed by atoms with van der Waals surface area (Å²) >= 11 is 1.15. The first-order chi connectivity index (χ1) is 12.0. The number of benzene rings is 2. The molecular formula is C18H16FN3O2S. The molecule has 0 fully saturated rings. The Labute approximate surface area is 148 Å². The molecule has 1 amide bonds. The van der Waals surface area contributed by atoms with Crippen LogP contribution in [0.2, 0.25) is 0 Å². The highest BCUT2D eigenvalue weighted by Gasteiger charge is 2.12. The molecule has 2 aromatic carbocycles. The zero-order valence-electron chi connectivity index (χ0n) is 13.7. The Morgan fingerprint density at radius 1 is 1.16 bits per heavy atom. The number of amides is 1. The van der Waals surface area contributed by atoms with Crippen molar-refractivity contribution in [1.82, 2.24) is 10.2 Å². The fourth-order valence-corrected chi connectivity index (χ4v) is 2.72. The van der Waals surface area contributed by atoms with E-state index in [1.165, 1.54) is 18.2 Å². The Morgan fingerprint density at radius 3 is 2.64 bits per heavy atom. The summed E-state index contributed by atoms with van der Waals surface area (Å²) in [5, 5.41) is 11.0. The molecule has 0 aliphatic heterocycles. The molecule has 0 atom stereocenters. The van der Waals surface area contributed by atoms with Crippen molar-refractivity contribution in [3.05, 3.63) is 59.4 Å². The summed E-state index contributed by atoms with van der Waals surface area (Å²) in [4.78, 5) is 12.0. The van der Waals surface area contributed by atoms with E-state index < -0.39 is 0 Å². The Morgan fingerprint density at radius 2 is 1.92 bits per heavy atom. The van der Waals surface area contributed by atoms with E-state index in [1.807, 2.05) is 31.2 Å². The molecule has 3 aromatic rings. The summed E-state index contributed by atoms with van der Waals surface area (Å²) < 4.78 is 18.6. The summed E-state index contributed by atoms with van der Waals surface area (Å²) in [6, 6.07) is 11.9. The van der Waals surface area contributed by atoms with Crippen molar-refractivity contribution in [2.24, 2.45) is 0 Å². The van der Waals surface area contributed by atoms with Gasteiger partial charge in [-0.05, 0) is 49.7 Å².